The van der Waals surface area contributed by atoms with Crippen LogP contribution < -0.4 is 15.4 Å². The number of nitrogens with one attached hydrogen (secondary N) is 2. The third-order valence-electron chi connectivity index (χ3n) is 6.90. The molecular formula is C26H39N3O4. The molecule has 3 rings (SSSR count). The van der Waals surface area contributed by atoms with Crippen LogP contribution in [0.25, 0.3) is 0 Å². The van der Waals surface area contributed by atoms with Crippen LogP contribution in [0.4, 0.5) is 0 Å². The molecule has 3 atom stereocenters. The van der Waals surface area contributed by atoms with E-state index in [9.17, 15) is 14.4 Å². The van der Waals surface area contributed by atoms with Gasteiger partial charge in [-0.2, -0.15) is 0 Å². The van der Waals surface area contributed by atoms with Crippen molar-refractivity contribution < 1.29 is 19.1 Å². The molecule has 3 amide bonds. The van der Waals surface area contributed by atoms with E-state index in [2.05, 4.69) is 17.6 Å². The standard InChI is InChI=1S/C26H39N3O4/c1-3-4-5-12-24(30)29-17-8-9-20(18-29)26(32)28-23-11-7-6-10-22(23)27-25(31)19-13-15-21(33-2)16-14-19/h13-16,20,22-23H,3-12,17-18H2,1-2H3,(H,27,31)(H,28,32)/t20-,22-,23-/m1/s1. The van der Waals surface area contributed by atoms with E-state index in [1.54, 1.807) is 31.4 Å². The van der Waals surface area contributed by atoms with E-state index in [1.165, 1.54) is 0 Å². The Labute approximate surface area is 197 Å². The zero-order valence-electron chi connectivity index (χ0n) is 20.1. The van der Waals surface area contributed by atoms with E-state index >= 15 is 0 Å². The number of amides is 3. The Balaban J connectivity index is 1.54. The lowest BCUT2D eigenvalue weighted by Gasteiger charge is -2.36. The number of piperidine rings is 1. The topological polar surface area (TPSA) is 87.7 Å². The second kappa shape index (κ2) is 12.6. The summed E-state index contributed by atoms with van der Waals surface area (Å²) in [6.07, 6.45) is 9.08. The number of unbranched alkanes of at least 4 members (excludes halogenated alkanes) is 2. The van der Waals surface area contributed by atoms with Gasteiger partial charge in [0, 0.05) is 37.2 Å². The van der Waals surface area contributed by atoms with E-state index in [4.69, 9.17) is 4.74 Å². The SMILES string of the molecule is CCCCCC(=O)N1CCC[C@@H](C(=O)N[C@@H]2CCCC[C@H]2NC(=O)c2ccc(OC)cc2)C1. The van der Waals surface area contributed by atoms with Crippen LogP contribution in [0.1, 0.15) is 81.5 Å². The molecule has 1 saturated heterocycles. The number of hydrogen-bond acceptors (Lipinski definition) is 4. The van der Waals surface area contributed by atoms with Crippen LogP contribution in [0, 0.1) is 5.92 Å². The molecule has 0 aromatic heterocycles. The molecule has 0 spiro atoms. The highest BCUT2D eigenvalue weighted by Crippen LogP contribution is 2.23. The Morgan fingerprint density at radius 2 is 1.67 bits per heavy atom. The van der Waals surface area contributed by atoms with Crippen molar-refractivity contribution in [1.82, 2.24) is 15.5 Å². The van der Waals surface area contributed by atoms with Crippen molar-refractivity contribution >= 4 is 17.7 Å². The first-order valence-corrected chi connectivity index (χ1v) is 12.5. The minimum Gasteiger partial charge on any atom is -0.497 e. The van der Waals surface area contributed by atoms with Crippen molar-refractivity contribution in [2.24, 2.45) is 5.92 Å². The van der Waals surface area contributed by atoms with E-state index in [1.807, 2.05) is 4.90 Å². The Kier molecular flexibility index (Phi) is 9.58. The van der Waals surface area contributed by atoms with Crippen molar-refractivity contribution in [3.63, 3.8) is 0 Å². The molecule has 1 aromatic rings. The number of methoxy groups -OCH3 is 1. The van der Waals surface area contributed by atoms with Gasteiger partial charge < -0.3 is 20.3 Å². The van der Waals surface area contributed by atoms with Gasteiger partial charge in [0.1, 0.15) is 5.75 Å². The fraction of sp³-hybridized carbons (Fsp3) is 0.654. The summed E-state index contributed by atoms with van der Waals surface area (Å²) in [7, 11) is 1.60. The average molecular weight is 458 g/mol. The molecule has 0 bridgehead atoms. The van der Waals surface area contributed by atoms with Crippen LogP contribution in [-0.2, 0) is 9.59 Å². The number of carbonyl (C=O) groups excluding carboxylic acids is 3. The summed E-state index contributed by atoms with van der Waals surface area (Å²) in [6, 6.07) is 6.87. The molecule has 182 valence electrons. The van der Waals surface area contributed by atoms with Crippen LogP contribution in [-0.4, -0.2) is 54.9 Å². The lowest BCUT2D eigenvalue weighted by atomic mass is 9.88. The third-order valence-corrected chi connectivity index (χ3v) is 6.90. The maximum absolute atomic E-state index is 13.1. The molecule has 1 heterocycles. The number of benzene rings is 1. The zero-order chi connectivity index (χ0) is 23.6. The van der Waals surface area contributed by atoms with E-state index in [0.717, 1.165) is 64.3 Å². The molecule has 0 unspecified atom stereocenters. The molecule has 33 heavy (non-hydrogen) atoms. The first-order valence-electron chi connectivity index (χ1n) is 12.5. The second-order valence-corrected chi connectivity index (χ2v) is 9.34. The van der Waals surface area contributed by atoms with Gasteiger partial charge in [-0.25, -0.2) is 0 Å². The van der Waals surface area contributed by atoms with Gasteiger partial charge in [-0.1, -0.05) is 32.6 Å². The van der Waals surface area contributed by atoms with Crippen LogP contribution in [0.3, 0.4) is 0 Å². The Morgan fingerprint density at radius 3 is 2.33 bits per heavy atom. The minimum absolute atomic E-state index is 0.0108. The van der Waals surface area contributed by atoms with Gasteiger partial charge in [0.25, 0.3) is 5.91 Å². The lowest BCUT2D eigenvalue weighted by molar-refractivity contribution is -0.136. The molecule has 7 heteroatoms. The van der Waals surface area contributed by atoms with Crippen molar-refractivity contribution in [2.75, 3.05) is 20.2 Å². The minimum atomic E-state index is -0.172. The summed E-state index contributed by atoms with van der Waals surface area (Å²) in [5.74, 6) is 0.582. The first kappa shape index (κ1) is 25.1. The van der Waals surface area contributed by atoms with E-state index in [-0.39, 0.29) is 35.7 Å². The molecule has 2 N–H and O–H groups in total. The fourth-order valence-corrected chi connectivity index (χ4v) is 4.87. The first-order chi connectivity index (χ1) is 16.0. The summed E-state index contributed by atoms with van der Waals surface area (Å²) >= 11 is 0. The summed E-state index contributed by atoms with van der Waals surface area (Å²) in [5, 5.41) is 6.34. The summed E-state index contributed by atoms with van der Waals surface area (Å²) in [5.41, 5.74) is 0.580. The van der Waals surface area contributed by atoms with Gasteiger partial charge in [-0.15, -0.1) is 0 Å². The highest BCUT2D eigenvalue weighted by atomic mass is 16.5. The molecular weight excluding hydrogens is 418 g/mol. The average Bonchev–Trinajstić information content (AvgIpc) is 2.85. The monoisotopic (exact) mass is 457 g/mol. The molecule has 1 aliphatic heterocycles. The maximum Gasteiger partial charge on any atom is 0.251 e. The van der Waals surface area contributed by atoms with Gasteiger partial charge in [-0.3, -0.25) is 14.4 Å². The molecule has 1 aromatic carbocycles. The van der Waals surface area contributed by atoms with Crippen LogP contribution in [0.15, 0.2) is 24.3 Å². The molecule has 7 nitrogen and oxygen atoms in total. The highest BCUT2D eigenvalue weighted by molar-refractivity contribution is 5.94. The van der Waals surface area contributed by atoms with Crippen LogP contribution >= 0.6 is 0 Å². The molecule has 0 radical (unpaired) electrons. The number of ether oxygens (including phenoxy) is 1. The lowest BCUT2D eigenvalue weighted by Crippen LogP contribution is -2.55. The summed E-state index contributed by atoms with van der Waals surface area (Å²) in [6.45, 7) is 3.38. The van der Waals surface area contributed by atoms with Gasteiger partial charge in [0.05, 0.1) is 13.0 Å². The molecule has 2 aliphatic rings. The van der Waals surface area contributed by atoms with E-state index < -0.39 is 0 Å². The van der Waals surface area contributed by atoms with Crippen molar-refractivity contribution in [3.8, 4) is 5.75 Å². The summed E-state index contributed by atoms with van der Waals surface area (Å²) in [4.78, 5) is 40.2. The molecule has 1 aliphatic carbocycles. The number of hydrogen-bond donors (Lipinski definition) is 2. The van der Waals surface area contributed by atoms with Crippen molar-refractivity contribution in [2.45, 2.75) is 83.2 Å². The zero-order valence-corrected chi connectivity index (χ0v) is 20.1. The third kappa shape index (κ3) is 7.21. The van der Waals surface area contributed by atoms with Gasteiger partial charge in [0.15, 0.2) is 0 Å². The van der Waals surface area contributed by atoms with Gasteiger partial charge >= 0.3 is 0 Å². The predicted octanol–water partition coefficient (Wildman–Crippen LogP) is 3.67. The number of nitrogens with zero attached hydrogens (tertiary/aromatic N) is 1. The second-order valence-electron chi connectivity index (χ2n) is 9.34. The fourth-order valence-electron chi connectivity index (χ4n) is 4.87. The van der Waals surface area contributed by atoms with Gasteiger partial charge in [0.2, 0.25) is 11.8 Å². The predicted molar refractivity (Wildman–Crippen MR) is 128 cm³/mol. The van der Waals surface area contributed by atoms with Gasteiger partial charge in [-0.05, 0) is 56.4 Å². The smallest absolute Gasteiger partial charge is 0.251 e. The number of likely N-dealkylation sites (tertiary alicyclic amines) is 1. The highest BCUT2D eigenvalue weighted by Gasteiger charge is 2.33. The molecule has 2 fully saturated rings. The molecule has 1 saturated carbocycles. The summed E-state index contributed by atoms with van der Waals surface area (Å²) < 4.78 is 5.16. The maximum atomic E-state index is 13.1. The Morgan fingerprint density at radius 1 is 0.970 bits per heavy atom. The van der Waals surface area contributed by atoms with Crippen molar-refractivity contribution in [3.05, 3.63) is 29.8 Å². The van der Waals surface area contributed by atoms with E-state index in [0.29, 0.717) is 24.3 Å². The largest absolute Gasteiger partial charge is 0.497 e. The van der Waals surface area contributed by atoms with Crippen molar-refractivity contribution in [1.29, 1.82) is 0 Å². The quantitative estimate of drug-likeness (QED) is 0.554. The number of carbonyl (C=O) groups is 3. The number of rotatable bonds is 9. The van der Waals surface area contributed by atoms with Crippen LogP contribution in [0.5, 0.6) is 5.75 Å². The Hall–Kier alpha value is -2.57. The van der Waals surface area contributed by atoms with Crippen LogP contribution in [0.2, 0.25) is 0 Å². The normalized spacial score (nSPS) is 23.0. The Bertz CT molecular complexity index is 795.